The topological polar surface area (TPSA) is 74.1 Å². The first kappa shape index (κ1) is 19.5. The molecule has 1 aliphatic heterocycles. The number of rotatable bonds is 2. The summed E-state index contributed by atoms with van der Waals surface area (Å²) >= 11 is 0. The van der Waals surface area contributed by atoms with Gasteiger partial charge in [0.05, 0.1) is 4.92 Å². The third-order valence-electron chi connectivity index (χ3n) is 5.78. The Bertz CT molecular complexity index is 1120. The van der Waals surface area contributed by atoms with Gasteiger partial charge in [-0.3, -0.25) is 10.1 Å². The number of hydrogen-bond donors (Lipinski definition) is 0. The van der Waals surface area contributed by atoms with E-state index in [1.165, 1.54) is 5.56 Å². The molecule has 5 rings (SSSR count). The fourth-order valence-corrected chi connectivity index (χ4v) is 4.71. The van der Waals surface area contributed by atoms with Crippen LogP contribution in [0.3, 0.4) is 0 Å². The zero-order valence-corrected chi connectivity index (χ0v) is 17.2. The van der Waals surface area contributed by atoms with Gasteiger partial charge in [0.2, 0.25) is 6.33 Å². The number of nitro groups is 1. The van der Waals surface area contributed by atoms with Gasteiger partial charge in [0.25, 0.3) is 5.69 Å². The van der Waals surface area contributed by atoms with E-state index in [1.807, 2.05) is 17.1 Å². The SMILES string of the molecule is Cc1cc(C)c(-n2c[n+]3c(n2)CO[C@H]2Cc4ccc([N+](=O)[O-])cc4[C@H]23)c(C)c1.[Cl-]. The van der Waals surface area contributed by atoms with Crippen molar-refractivity contribution >= 4 is 5.69 Å². The molecule has 7 nitrogen and oxygen atoms in total. The smallest absolute Gasteiger partial charge is 0.304 e. The molecule has 2 aromatic carbocycles. The molecule has 29 heavy (non-hydrogen) atoms. The Hall–Kier alpha value is -2.77. The van der Waals surface area contributed by atoms with Gasteiger partial charge in [0, 0.05) is 29.2 Å². The second-order valence-electron chi connectivity index (χ2n) is 7.77. The highest BCUT2D eigenvalue weighted by Crippen LogP contribution is 2.37. The highest BCUT2D eigenvalue weighted by Gasteiger charge is 2.44. The summed E-state index contributed by atoms with van der Waals surface area (Å²) in [6.45, 7) is 6.71. The number of aromatic nitrogens is 3. The summed E-state index contributed by atoms with van der Waals surface area (Å²) in [6, 6.07) is 9.34. The minimum absolute atomic E-state index is 0. The second-order valence-corrected chi connectivity index (χ2v) is 7.77. The molecule has 8 heteroatoms. The Balaban J connectivity index is 0.00000205. The zero-order valence-electron chi connectivity index (χ0n) is 16.4. The quantitative estimate of drug-likeness (QED) is 0.338. The molecule has 150 valence electrons. The number of hydrogen-bond acceptors (Lipinski definition) is 4. The summed E-state index contributed by atoms with van der Waals surface area (Å²) in [5, 5.41) is 16.0. The fourth-order valence-electron chi connectivity index (χ4n) is 4.71. The van der Waals surface area contributed by atoms with Crippen LogP contribution < -0.4 is 17.0 Å². The molecular formula is C21H21ClN4O3. The number of nitro benzene ring substituents is 1. The van der Waals surface area contributed by atoms with Crippen molar-refractivity contribution in [1.29, 1.82) is 0 Å². The lowest BCUT2D eigenvalue weighted by Crippen LogP contribution is -3.00. The van der Waals surface area contributed by atoms with Crippen molar-refractivity contribution in [1.82, 2.24) is 9.78 Å². The highest BCUT2D eigenvalue weighted by atomic mass is 35.5. The molecule has 3 aromatic rings. The number of ether oxygens (including phenoxy) is 1. The predicted octanol–water partition coefficient (Wildman–Crippen LogP) is 0.0416. The van der Waals surface area contributed by atoms with Crippen LogP contribution in [0.15, 0.2) is 36.7 Å². The van der Waals surface area contributed by atoms with Gasteiger partial charge < -0.3 is 17.1 Å². The van der Waals surface area contributed by atoms with Crippen LogP contribution in [-0.4, -0.2) is 20.8 Å². The zero-order chi connectivity index (χ0) is 19.6. The summed E-state index contributed by atoms with van der Waals surface area (Å²) in [4.78, 5) is 10.9. The first-order chi connectivity index (χ1) is 13.4. The predicted molar refractivity (Wildman–Crippen MR) is 101 cm³/mol. The van der Waals surface area contributed by atoms with Gasteiger partial charge in [-0.15, -0.1) is 0 Å². The molecule has 0 spiro atoms. The molecule has 2 heterocycles. The van der Waals surface area contributed by atoms with E-state index in [2.05, 4.69) is 37.5 Å². The van der Waals surface area contributed by atoms with E-state index >= 15 is 0 Å². The molecule has 0 amide bonds. The van der Waals surface area contributed by atoms with Gasteiger partial charge in [-0.1, -0.05) is 28.4 Å². The summed E-state index contributed by atoms with van der Waals surface area (Å²) in [5.74, 6) is 0.833. The van der Waals surface area contributed by atoms with E-state index in [-0.39, 0.29) is 35.2 Å². The standard InChI is InChI=1S/C21H21N4O3.ClH/c1-12-6-13(2)20(14(3)7-12)24-11-23-19(22-24)10-28-18-8-15-4-5-16(25(26)27)9-17(15)21(18)23;/h4-7,9,11,18,21H,8,10H2,1-3H3;1H/q+1;/p-1/t18-,21+;/m0./s1. The molecule has 0 unspecified atom stereocenters. The maximum Gasteiger partial charge on any atom is 0.304 e. The minimum atomic E-state index is -0.342. The van der Waals surface area contributed by atoms with Crippen molar-refractivity contribution < 1.29 is 26.6 Å². The fraction of sp³-hybridized carbons (Fsp3) is 0.333. The summed E-state index contributed by atoms with van der Waals surface area (Å²) < 4.78 is 10.1. The lowest BCUT2D eigenvalue weighted by atomic mass is 10.1. The van der Waals surface area contributed by atoms with Gasteiger partial charge in [-0.05, 0) is 37.5 Å². The lowest BCUT2D eigenvalue weighted by Gasteiger charge is -2.23. The van der Waals surface area contributed by atoms with Crippen LogP contribution in [-0.2, 0) is 17.8 Å². The van der Waals surface area contributed by atoms with Crippen molar-refractivity contribution in [3.05, 3.63) is 80.4 Å². The maximum atomic E-state index is 11.2. The van der Waals surface area contributed by atoms with Crippen molar-refractivity contribution in [2.24, 2.45) is 0 Å². The molecule has 1 aromatic heterocycles. The number of halogens is 1. The first-order valence-corrected chi connectivity index (χ1v) is 9.39. The second kappa shape index (κ2) is 6.93. The normalized spacial score (nSPS) is 19.1. The van der Waals surface area contributed by atoms with Crippen molar-refractivity contribution in [3.63, 3.8) is 0 Å². The van der Waals surface area contributed by atoms with E-state index in [1.54, 1.807) is 12.1 Å². The van der Waals surface area contributed by atoms with Crippen molar-refractivity contribution in [2.45, 2.75) is 45.9 Å². The van der Waals surface area contributed by atoms with Gasteiger partial charge in [0.15, 0.2) is 0 Å². The van der Waals surface area contributed by atoms with Crippen LogP contribution in [0.1, 0.15) is 39.7 Å². The van der Waals surface area contributed by atoms with Crippen LogP contribution in [0.5, 0.6) is 0 Å². The number of non-ortho nitro benzene ring substituents is 1. The van der Waals surface area contributed by atoms with Gasteiger partial charge in [-0.25, -0.2) is 4.57 Å². The third-order valence-corrected chi connectivity index (χ3v) is 5.78. The average Bonchev–Trinajstić information content (AvgIpc) is 3.20. The molecule has 1 aliphatic carbocycles. The van der Waals surface area contributed by atoms with Crippen molar-refractivity contribution in [3.8, 4) is 5.69 Å². The molecule has 0 radical (unpaired) electrons. The van der Waals surface area contributed by atoms with E-state index in [0.29, 0.717) is 6.61 Å². The Labute approximate surface area is 174 Å². The maximum absolute atomic E-state index is 11.2. The first-order valence-electron chi connectivity index (χ1n) is 9.39. The van der Waals surface area contributed by atoms with Gasteiger partial charge in [-0.2, -0.15) is 0 Å². The average molecular weight is 413 g/mol. The van der Waals surface area contributed by atoms with Crippen molar-refractivity contribution in [2.75, 3.05) is 0 Å². The molecule has 0 fully saturated rings. The molecule has 0 saturated carbocycles. The molecule has 2 aliphatic rings. The Morgan fingerprint density at radius 3 is 2.62 bits per heavy atom. The summed E-state index contributed by atoms with van der Waals surface area (Å²) in [7, 11) is 0. The van der Waals surface area contributed by atoms with Crippen LogP contribution in [0.4, 0.5) is 5.69 Å². The molecule has 0 bridgehead atoms. The van der Waals surface area contributed by atoms with E-state index in [4.69, 9.17) is 9.84 Å². The lowest BCUT2D eigenvalue weighted by molar-refractivity contribution is -0.739. The van der Waals surface area contributed by atoms with Gasteiger partial charge in [0.1, 0.15) is 24.4 Å². The largest absolute Gasteiger partial charge is 1.00 e. The van der Waals surface area contributed by atoms with E-state index < -0.39 is 0 Å². The highest BCUT2D eigenvalue weighted by molar-refractivity contribution is 5.48. The Morgan fingerprint density at radius 2 is 1.93 bits per heavy atom. The van der Waals surface area contributed by atoms with E-state index in [0.717, 1.165) is 40.2 Å². The summed E-state index contributed by atoms with van der Waals surface area (Å²) in [6.07, 6.45) is 2.75. The number of benzene rings is 2. The van der Waals surface area contributed by atoms with E-state index in [9.17, 15) is 10.1 Å². The molecule has 2 atom stereocenters. The van der Waals surface area contributed by atoms with Crippen LogP contribution in [0.2, 0.25) is 0 Å². The Morgan fingerprint density at radius 1 is 1.21 bits per heavy atom. The Kier molecular flexibility index (Phi) is 4.67. The minimum Gasteiger partial charge on any atom is -1.00 e. The van der Waals surface area contributed by atoms with Crippen LogP contribution in [0.25, 0.3) is 5.69 Å². The number of aryl methyl sites for hydroxylation is 3. The molecular weight excluding hydrogens is 392 g/mol. The monoisotopic (exact) mass is 412 g/mol. The van der Waals surface area contributed by atoms with Gasteiger partial charge >= 0.3 is 5.82 Å². The number of fused-ring (bicyclic) bond motifs is 5. The van der Waals surface area contributed by atoms with Crippen LogP contribution in [0, 0.1) is 30.9 Å². The number of nitrogens with zero attached hydrogens (tertiary/aromatic N) is 4. The summed E-state index contributed by atoms with van der Waals surface area (Å²) in [5.41, 5.74) is 6.81. The molecule has 0 N–H and O–H groups in total. The van der Waals surface area contributed by atoms with Crippen LogP contribution >= 0.6 is 0 Å². The third kappa shape index (κ3) is 3.01. The molecule has 0 saturated heterocycles.